The molecule has 0 atom stereocenters. The number of nitrogens with two attached hydrogens (primary N) is 2. The Morgan fingerprint density at radius 1 is 0.968 bits per heavy atom. The molecule has 1 aliphatic rings. The van der Waals surface area contributed by atoms with Crippen LogP contribution in [0.4, 0.5) is 17.2 Å². The summed E-state index contributed by atoms with van der Waals surface area (Å²) in [5.41, 5.74) is 17.9. The predicted molar refractivity (Wildman–Crippen MR) is 127 cm³/mol. The Bertz CT molecular complexity index is 1190. The van der Waals surface area contributed by atoms with Gasteiger partial charge < -0.3 is 16.8 Å². The third-order valence-electron chi connectivity index (χ3n) is 6.02. The fourth-order valence-corrected chi connectivity index (χ4v) is 4.47. The van der Waals surface area contributed by atoms with Gasteiger partial charge in [-0.3, -0.25) is 0 Å². The summed E-state index contributed by atoms with van der Waals surface area (Å²) in [6, 6.07) is 17.9. The van der Waals surface area contributed by atoms with Crippen molar-refractivity contribution in [3.05, 3.63) is 71.5 Å². The van der Waals surface area contributed by atoms with E-state index in [1.54, 1.807) is 4.52 Å². The molecule has 0 saturated heterocycles. The number of nitrogen functional groups attached to an aromatic ring is 1. The summed E-state index contributed by atoms with van der Waals surface area (Å²) in [7, 11) is 0. The molecule has 4 aromatic rings. The maximum atomic E-state index is 6.47. The molecule has 31 heavy (non-hydrogen) atoms. The fraction of sp³-hybridized carbons (Fsp3) is 0.250. The van der Waals surface area contributed by atoms with E-state index in [4.69, 9.17) is 28.1 Å². The lowest BCUT2D eigenvalue weighted by Crippen LogP contribution is -2.25. The summed E-state index contributed by atoms with van der Waals surface area (Å²) < 4.78 is 1.80. The highest BCUT2D eigenvalue weighted by molar-refractivity contribution is 6.30. The van der Waals surface area contributed by atoms with Crippen molar-refractivity contribution in [2.24, 2.45) is 5.73 Å². The van der Waals surface area contributed by atoms with E-state index in [0.29, 0.717) is 22.8 Å². The number of fused-ring (bicyclic) bond motifs is 1. The number of hydrogen-bond acceptors (Lipinski definition) is 5. The van der Waals surface area contributed by atoms with E-state index in [0.717, 1.165) is 59.5 Å². The van der Waals surface area contributed by atoms with Crippen LogP contribution in [0.5, 0.6) is 0 Å². The maximum Gasteiger partial charge on any atom is 0.178 e. The molecule has 6 nitrogen and oxygen atoms in total. The first-order chi connectivity index (χ1) is 15.1. The summed E-state index contributed by atoms with van der Waals surface area (Å²) in [4.78, 5) is 5.02. The van der Waals surface area contributed by atoms with Crippen LogP contribution in [-0.2, 0) is 0 Å². The van der Waals surface area contributed by atoms with Gasteiger partial charge in [-0.25, -0.2) is 9.50 Å². The van der Waals surface area contributed by atoms with Crippen molar-refractivity contribution in [3.8, 4) is 11.1 Å². The molecule has 0 spiro atoms. The second-order valence-corrected chi connectivity index (χ2v) is 8.62. The molecular formula is C24H25ClN6. The molecule has 2 aromatic carbocycles. The van der Waals surface area contributed by atoms with Crippen LogP contribution < -0.4 is 16.8 Å². The smallest absolute Gasteiger partial charge is 0.178 e. The molecule has 1 saturated carbocycles. The van der Waals surface area contributed by atoms with Crippen molar-refractivity contribution in [3.63, 3.8) is 0 Å². The first-order valence-corrected chi connectivity index (χ1v) is 11.0. The number of anilines is 3. The van der Waals surface area contributed by atoms with Gasteiger partial charge in [0.15, 0.2) is 11.5 Å². The van der Waals surface area contributed by atoms with E-state index in [9.17, 15) is 0 Å². The lowest BCUT2D eigenvalue weighted by atomic mass is 9.85. The number of benzene rings is 2. The Kier molecular flexibility index (Phi) is 5.26. The number of aromatic nitrogens is 3. The molecule has 1 fully saturated rings. The molecule has 1 aliphatic carbocycles. The molecule has 0 bridgehead atoms. The van der Waals surface area contributed by atoms with E-state index < -0.39 is 0 Å². The van der Waals surface area contributed by atoms with E-state index >= 15 is 0 Å². The van der Waals surface area contributed by atoms with Gasteiger partial charge in [-0.05, 0) is 55.5 Å². The summed E-state index contributed by atoms with van der Waals surface area (Å²) in [5.74, 6) is 0.828. The first kappa shape index (κ1) is 19.8. The van der Waals surface area contributed by atoms with Crippen molar-refractivity contribution in [2.45, 2.75) is 37.6 Å². The van der Waals surface area contributed by atoms with E-state index in [1.807, 2.05) is 60.8 Å². The summed E-state index contributed by atoms with van der Waals surface area (Å²) in [5, 5.41) is 8.85. The molecule has 2 heterocycles. The monoisotopic (exact) mass is 432 g/mol. The maximum absolute atomic E-state index is 6.47. The van der Waals surface area contributed by atoms with Gasteiger partial charge in [0.1, 0.15) is 0 Å². The Morgan fingerprint density at radius 2 is 1.68 bits per heavy atom. The van der Waals surface area contributed by atoms with Gasteiger partial charge >= 0.3 is 0 Å². The number of rotatable bonds is 4. The largest absolute Gasteiger partial charge is 0.382 e. The van der Waals surface area contributed by atoms with Gasteiger partial charge in [0, 0.05) is 22.7 Å². The van der Waals surface area contributed by atoms with Crippen LogP contribution in [0.15, 0.2) is 60.8 Å². The quantitative estimate of drug-likeness (QED) is 0.403. The zero-order chi connectivity index (χ0) is 21.4. The minimum Gasteiger partial charge on any atom is -0.382 e. The van der Waals surface area contributed by atoms with Crippen molar-refractivity contribution in [1.82, 2.24) is 14.6 Å². The summed E-state index contributed by atoms with van der Waals surface area (Å²) in [6.45, 7) is 0. The molecule has 5 rings (SSSR count). The highest BCUT2D eigenvalue weighted by Crippen LogP contribution is 2.39. The van der Waals surface area contributed by atoms with E-state index in [-0.39, 0.29) is 0 Å². The van der Waals surface area contributed by atoms with Gasteiger partial charge in [0.25, 0.3) is 0 Å². The Balaban J connectivity index is 1.66. The standard InChI is InChI=1S/C24H25ClN6/c25-17-10-6-16(7-11-17)21-22(28-19-4-2-1-3-5-19)24-29-20(14-31(24)30-23(21)27)15-8-12-18(26)13-9-15/h1-7,10-11,14-15,18,28H,8-9,12-13,26H2,(H2,27,30). The topological polar surface area (TPSA) is 94.3 Å². The highest BCUT2D eigenvalue weighted by atomic mass is 35.5. The SMILES string of the molecule is Nc1nn2cc(C3CCC(N)CC3)nc2c(Nc2ccccc2)c1-c1ccc(Cl)cc1. The van der Waals surface area contributed by atoms with Crippen LogP contribution in [0.3, 0.4) is 0 Å². The van der Waals surface area contributed by atoms with Crippen LogP contribution in [0.25, 0.3) is 16.8 Å². The third kappa shape index (κ3) is 3.96. The minimum absolute atomic E-state index is 0.300. The average Bonchev–Trinajstić information content (AvgIpc) is 3.20. The number of nitrogens with one attached hydrogen (secondary N) is 1. The number of para-hydroxylation sites is 1. The van der Waals surface area contributed by atoms with Gasteiger partial charge in [0.2, 0.25) is 0 Å². The van der Waals surface area contributed by atoms with E-state index in [1.165, 1.54) is 0 Å². The molecule has 0 amide bonds. The molecule has 7 heteroatoms. The van der Waals surface area contributed by atoms with Gasteiger partial charge in [0.05, 0.1) is 23.1 Å². The van der Waals surface area contributed by atoms with Crippen molar-refractivity contribution < 1.29 is 0 Å². The summed E-state index contributed by atoms with van der Waals surface area (Å²) in [6.07, 6.45) is 6.16. The van der Waals surface area contributed by atoms with Gasteiger partial charge in [-0.15, -0.1) is 5.10 Å². The lowest BCUT2D eigenvalue weighted by Gasteiger charge is -2.24. The lowest BCUT2D eigenvalue weighted by molar-refractivity contribution is 0.391. The third-order valence-corrected chi connectivity index (χ3v) is 6.27. The molecular weight excluding hydrogens is 408 g/mol. The number of hydrogen-bond donors (Lipinski definition) is 3. The number of imidazole rings is 1. The first-order valence-electron chi connectivity index (χ1n) is 10.6. The number of nitrogens with zero attached hydrogens (tertiary/aromatic N) is 3. The molecule has 0 radical (unpaired) electrons. The van der Waals surface area contributed by atoms with Crippen molar-refractivity contribution >= 4 is 34.4 Å². The van der Waals surface area contributed by atoms with Crippen LogP contribution in [0.2, 0.25) is 5.02 Å². The predicted octanol–water partition coefficient (Wildman–Crippen LogP) is 5.36. The fourth-order valence-electron chi connectivity index (χ4n) is 4.35. The molecule has 0 unspecified atom stereocenters. The molecule has 0 aliphatic heterocycles. The number of halogens is 1. The van der Waals surface area contributed by atoms with Crippen molar-refractivity contribution in [1.29, 1.82) is 0 Å². The Labute approximate surface area is 186 Å². The molecule has 158 valence electrons. The van der Waals surface area contributed by atoms with Crippen LogP contribution in [0.1, 0.15) is 37.3 Å². The van der Waals surface area contributed by atoms with Gasteiger partial charge in [-0.1, -0.05) is 41.9 Å². The minimum atomic E-state index is 0.300. The molecule has 2 aromatic heterocycles. The van der Waals surface area contributed by atoms with Crippen LogP contribution in [0, 0.1) is 0 Å². The Morgan fingerprint density at radius 3 is 2.39 bits per heavy atom. The van der Waals surface area contributed by atoms with Crippen molar-refractivity contribution in [2.75, 3.05) is 11.1 Å². The van der Waals surface area contributed by atoms with Gasteiger partial charge in [-0.2, -0.15) is 0 Å². The molecule has 5 N–H and O–H groups in total. The van der Waals surface area contributed by atoms with Crippen LogP contribution in [-0.4, -0.2) is 20.6 Å². The zero-order valence-electron chi connectivity index (χ0n) is 17.1. The average molecular weight is 433 g/mol. The second-order valence-electron chi connectivity index (χ2n) is 8.18. The summed E-state index contributed by atoms with van der Waals surface area (Å²) >= 11 is 6.12. The normalized spacial score (nSPS) is 18.9. The van der Waals surface area contributed by atoms with E-state index in [2.05, 4.69) is 10.4 Å². The second kappa shape index (κ2) is 8.21. The zero-order valence-corrected chi connectivity index (χ0v) is 17.9. The Hall–Kier alpha value is -3.09. The van der Waals surface area contributed by atoms with Crippen LogP contribution >= 0.6 is 11.6 Å². The highest BCUT2D eigenvalue weighted by Gasteiger charge is 2.25.